The quantitative estimate of drug-likeness (QED) is 0.0682. The highest BCUT2D eigenvalue weighted by molar-refractivity contribution is 5.76. The lowest BCUT2D eigenvalue weighted by atomic mass is 9.88. The molecule has 0 aliphatic carbocycles. The Bertz CT molecular complexity index is 623. The van der Waals surface area contributed by atoms with Crippen molar-refractivity contribution >= 4 is 5.91 Å². The van der Waals surface area contributed by atoms with Crippen LogP contribution >= 0.6 is 0 Å². The molecule has 0 heterocycles. The van der Waals surface area contributed by atoms with Crippen LogP contribution in [-0.4, -0.2) is 57.5 Å². The highest BCUT2D eigenvalue weighted by Gasteiger charge is 2.32. The van der Waals surface area contributed by atoms with Crippen LogP contribution in [0.2, 0.25) is 0 Å². The molecule has 0 saturated carbocycles. The van der Waals surface area contributed by atoms with Crippen molar-refractivity contribution in [2.75, 3.05) is 19.7 Å². The number of unbranched alkanes of at least 4 members (excludes halogenated alkanes) is 12. The topological polar surface area (TPSA) is 81.0 Å². The van der Waals surface area contributed by atoms with Crippen LogP contribution in [0.5, 0.6) is 0 Å². The molecule has 0 rings (SSSR count). The van der Waals surface area contributed by atoms with Crippen molar-refractivity contribution in [2.45, 2.75) is 201 Å². The Morgan fingerprint density at radius 2 is 1.12 bits per heavy atom. The molecule has 0 aromatic rings. The van der Waals surface area contributed by atoms with E-state index in [1.54, 1.807) is 11.8 Å². The van der Waals surface area contributed by atoms with Crippen LogP contribution in [0, 0.1) is 17.8 Å². The van der Waals surface area contributed by atoms with Gasteiger partial charge in [0.05, 0.1) is 18.3 Å². The molecule has 4 atom stereocenters. The lowest BCUT2D eigenvalue weighted by Gasteiger charge is -2.33. The molecule has 4 unspecified atom stereocenters. The minimum absolute atomic E-state index is 0.0287. The molecule has 258 valence electrons. The van der Waals surface area contributed by atoms with Gasteiger partial charge in [-0.1, -0.05) is 163 Å². The average molecular weight is 612 g/mol. The molecule has 0 aliphatic heterocycles. The van der Waals surface area contributed by atoms with Gasteiger partial charge in [-0.25, -0.2) is 0 Å². The Morgan fingerprint density at radius 1 is 0.674 bits per heavy atom. The number of aliphatic hydroxyl groups excluding tert-OH is 2. The average Bonchev–Trinajstić information content (AvgIpc) is 2.94. The van der Waals surface area contributed by atoms with Crippen molar-refractivity contribution in [3.05, 3.63) is 0 Å². The van der Waals surface area contributed by atoms with Gasteiger partial charge in [0.1, 0.15) is 0 Å². The summed E-state index contributed by atoms with van der Waals surface area (Å²) in [6, 6.07) is 0. The van der Waals surface area contributed by atoms with Gasteiger partial charge in [0.25, 0.3) is 0 Å². The number of carbonyl (C=O) groups excluding carboxylic acids is 1. The van der Waals surface area contributed by atoms with Gasteiger partial charge in [-0.2, -0.15) is 0 Å². The van der Waals surface area contributed by atoms with Gasteiger partial charge in [0.2, 0.25) is 5.91 Å². The summed E-state index contributed by atoms with van der Waals surface area (Å²) in [6.07, 6.45) is 26.1. The van der Waals surface area contributed by atoms with E-state index in [-0.39, 0.29) is 25.6 Å². The summed E-state index contributed by atoms with van der Waals surface area (Å²) in [5, 5.41) is 31.4. The zero-order valence-corrected chi connectivity index (χ0v) is 29.9. The van der Waals surface area contributed by atoms with Gasteiger partial charge in [0.15, 0.2) is 0 Å². The molecule has 3 N–H and O–H groups in total. The van der Waals surface area contributed by atoms with E-state index in [9.17, 15) is 20.1 Å². The molecular formula is C38H77NO4. The molecule has 0 aliphatic rings. The van der Waals surface area contributed by atoms with Crippen molar-refractivity contribution in [3.8, 4) is 0 Å². The Hall–Kier alpha value is -0.650. The van der Waals surface area contributed by atoms with Crippen molar-refractivity contribution < 1.29 is 20.1 Å². The smallest absolute Gasteiger partial charge is 0.222 e. The summed E-state index contributed by atoms with van der Waals surface area (Å²) < 4.78 is 0. The Balaban J connectivity index is 4.14. The van der Waals surface area contributed by atoms with Gasteiger partial charge >= 0.3 is 0 Å². The first-order chi connectivity index (χ1) is 20.5. The monoisotopic (exact) mass is 612 g/mol. The summed E-state index contributed by atoms with van der Waals surface area (Å²) in [4.78, 5) is 14.4. The number of hydrogen-bond acceptors (Lipinski definition) is 4. The fourth-order valence-corrected chi connectivity index (χ4v) is 6.25. The molecule has 1 amide bonds. The summed E-state index contributed by atoms with van der Waals surface area (Å²) in [6.45, 7) is 13.4. The lowest BCUT2D eigenvalue weighted by molar-refractivity contribution is -0.137. The molecule has 0 aromatic heterocycles. The van der Waals surface area contributed by atoms with Crippen molar-refractivity contribution in [1.29, 1.82) is 0 Å². The third kappa shape index (κ3) is 25.3. The van der Waals surface area contributed by atoms with Gasteiger partial charge in [-0.15, -0.1) is 0 Å². The van der Waals surface area contributed by atoms with Crippen molar-refractivity contribution in [1.82, 2.24) is 4.90 Å². The molecule has 0 radical (unpaired) electrons. The molecule has 43 heavy (non-hydrogen) atoms. The Labute approximate surface area is 269 Å². The van der Waals surface area contributed by atoms with E-state index in [0.717, 1.165) is 43.9 Å². The maximum Gasteiger partial charge on any atom is 0.222 e. The highest BCUT2D eigenvalue weighted by Crippen LogP contribution is 2.25. The Kier molecular flexibility index (Phi) is 27.2. The zero-order chi connectivity index (χ0) is 32.3. The fourth-order valence-electron chi connectivity index (χ4n) is 6.25. The van der Waals surface area contributed by atoms with Crippen LogP contribution in [-0.2, 0) is 4.79 Å². The highest BCUT2D eigenvalue weighted by atomic mass is 16.3. The second kappa shape index (κ2) is 27.6. The van der Waals surface area contributed by atoms with Crippen LogP contribution in [0.4, 0.5) is 0 Å². The SMILES string of the molecule is CCCCCCCCCCCCCCCC(=O)N(CCO)CC(O)C(C)(O)CCCC(C)CCCC(C)CCCC(C)C. The summed E-state index contributed by atoms with van der Waals surface area (Å²) in [5.74, 6) is 2.19. The fraction of sp³-hybridized carbons (Fsp3) is 0.974. The maximum atomic E-state index is 12.9. The van der Waals surface area contributed by atoms with Crippen molar-refractivity contribution in [2.24, 2.45) is 17.8 Å². The second-order valence-electron chi connectivity index (χ2n) is 14.8. The molecule has 0 bridgehead atoms. The van der Waals surface area contributed by atoms with Gasteiger partial charge < -0.3 is 20.2 Å². The molecule has 0 fully saturated rings. The summed E-state index contributed by atoms with van der Waals surface area (Å²) in [5.41, 5.74) is -1.24. The minimum atomic E-state index is -1.24. The van der Waals surface area contributed by atoms with Gasteiger partial charge in [0, 0.05) is 19.5 Å². The molecule has 5 nitrogen and oxygen atoms in total. The van der Waals surface area contributed by atoms with E-state index in [2.05, 4.69) is 34.6 Å². The van der Waals surface area contributed by atoms with Crippen LogP contribution in [0.1, 0.15) is 189 Å². The number of amides is 1. The summed E-state index contributed by atoms with van der Waals surface area (Å²) in [7, 11) is 0. The molecule has 0 spiro atoms. The third-order valence-electron chi connectivity index (χ3n) is 9.58. The molecule has 0 saturated heterocycles. The normalized spacial score (nSPS) is 15.4. The van der Waals surface area contributed by atoms with E-state index in [1.165, 1.54) is 103 Å². The first-order valence-electron chi connectivity index (χ1n) is 18.8. The predicted molar refractivity (Wildman–Crippen MR) is 185 cm³/mol. The largest absolute Gasteiger partial charge is 0.395 e. The molecule has 0 aromatic carbocycles. The number of rotatable bonds is 31. The second-order valence-corrected chi connectivity index (χ2v) is 14.8. The van der Waals surface area contributed by atoms with E-state index >= 15 is 0 Å². The summed E-state index contributed by atoms with van der Waals surface area (Å²) >= 11 is 0. The zero-order valence-electron chi connectivity index (χ0n) is 29.9. The number of carbonyl (C=O) groups is 1. The standard InChI is InChI=1S/C38H77NO4/c1-7-8-9-10-11-12-13-14-15-16-17-18-19-28-37(42)39(30-31-40)32-36(41)38(6,43)29-22-27-35(5)26-21-25-34(4)24-20-23-33(2)3/h33-36,40-41,43H,7-32H2,1-6H3. The first kappa shape index (κ1) is 42.3. The van der Waals surface area contributed by atoms with Gasteiger partial charge in [-0.05, 0) is 37.5 Å². The lowest BCUT2D eigenvalue weighted by Crippen LogP contribution is -2.49. The van der Waals surface area contributed by atoms with Gasteiger partial charge in [-0.3, -0.25) is 4.79 Å². The van der Waals surface area contributed by atoms with E-state index < -0.39 is 11.7 Å². The number of aliphatic hydroxyl groups is 3. The Morgan fingerprint density at radius 3 is 1.58 bits per heavy atom. The van der Waals surface area contributed by atoms with E-state index in [0.29, 0.717) is 18.8 Å². The van der Waals surface area contributed by atoms with Crippen molar-refractivity contribution in [3.63, 3.8) is 0 Å². The van der Waals surface area contributed by atoms with E-state index in [1.807, 2.05) is 0 Å². The van der Waals surface area contributed by atoms with E-state index in [4.69, 9.17) is 0 Å². The van der Waals surface area contributed by atoms with Crippen LogP contribution in [0.3, 0.4) is 0 Å². The van der Waals surface area contributed by atoms with Crippen LogP contribution in [0.15, 0.2) is 0 Å². The molecule has 5 heteroatoms. The van der Waals surface area contributed by atoms with Crippen LogP contribution < -0.4 is 0 Å². The number of nitrogens with zero attached hydrogens (tertiary/aromatic N) is 1. The van der Waals surface area contributed by atoms with Crippen LogP contribution in [0.25, 0.3) is 0 Å². The minimum Gasteiger partial charge on any atom is -0.395 e. The first-order valence-corrected chi connectivity index (χ1v) is 18.8. The number of hydrogen-bond donors (Lipinski definition) is 3. The predicted octanol–water partition coefficient (Wildman–Crippen LogP) is 9.84. The third-order valence-corrected chi connectivity index (χ3v) is 9.58. The maximum absolute atomic E-state index is 12.9. The molecular weight excluding hydrogens is 534 g/mol.